The van der Waals surface area contributed by atoms with E-state index in [9.17, 15) is 4.79 Å². The van der Waals surface area contributed by atoms with Crippen LogP contribution in [0.25, 0.3) is 0 Å². The van der Waals surface area contributed by atoms with Crippen LogP contribution in [-0.4, -0.2) is 30.6 Å². The van der Waals surface area contributed by atoms with Crippen molar-refractivity contribution in [1.82, 2.24) is 10.2 Å². The number of rotatable bonds is 4. The molecule has 24 heavy (non-hydrogen) atoms. The first kappa shape index (κ1) is 16.4. The van der Waals surface area contributed by atoms with Crippen LogP contribution in [0, 0.1) is 13.8 Å². The number of aryl methyl sites for hydroxylation is 2. The molecule has 0 saturated carbocycles. The topological polar surface area (TPSA) is 41.6 Å². The lowest BCUT2D eigenvalue weighted by molar-refractivity contribution is 0.189. The van der Waals surface area contributed by atoms with E-state index in [1.54, 1.807) is 0 Å². The molecule has 0 atom stereocenters. The van der Waals surface area contributed by atoms with Gasteiger partial charge in [0.25, 0.3) is 0 Å². The maximum Gasteiger partial charge on any atom is 0.317 e. The number of urea groups is 1. The van der Waals surface area contributed by atoms with Gasteiger partial charge in [-0.25, -0.2) is 4.79 Å². The quantitative estimate of drug-likeness (QED) is 0.875. The smallest absolute Gasteiger partial charge is 0.317 e. The van der Waals surface area contributed by atoms with Crippen LogP contribution in [0.15, 0.2) is 42.5 Å². The summed E-state index contributed by atoms with van der Waals surface area (Å²) < 4.78 is 5.75. The summed E-state index contributed by atoms with van der Waals surface area (Å²) in [6.07, 6.45) is 0.919. The summed E-state index contributed by atoms with van der Waals surface area (Å²) >= 11 is 0. The summed E-state index contributed by atoms with van der Waals surface area (Å²) in [6.45, 7) is 6.52. The van der Waals surface area contributed by atoms with E-state index in [4.69, 9.17) is 4.74 Å². The molecular weight excluding hydrogens is 300 g/mol. The molecule has 126 valence electrons. The van der Waals surface area contributed by atoms with Gasteiger partial charge in [-0.15, -0.1) is 0 Å². The Balaban J connectivity index is 1.45. The molecule has 1 N–H and O–H groups in total. The fourth-order valence-corrected chi connectivity index (χ4v) is 3.06. The summed E-state index contributed by atoms with van der Waals surface area (Å²) in [5.74, 6) is 0.877. The molecule has 1 heterocycles. The van der Waals surface area contributed by atoms with Crippen molar-refractivity contribution in [2.75, 3.05) is 19.7 Å². The van der Waals surface area contributed by atoms with Gasteiger partial charge < -0.3 is 15.0 Å². The van der Waals surface area contributed by atoms with Gasteiger partial charge in [0.2, 0.25) is 0 Å². The fraction of sp³-hybridized carbons (Fsp3) is 0.350. The molecule has 0 aliphatic carbocycles. The molecule has 3 rings (SSSR count). The first-order chi connectivity index (χ1) is 11.6. The summed E-state index contributed by atoms with van der Waals surface area (Å²) in [7, 11) is 0. The lowest BCUT2D eigenvalue weighted by Gasteiger charge is -2.29. The molecule has 1 aliphatic rings. The molecule has 2 amide bonds. The SMILES string of the molecule is Cc1ccc(OCCNC(=O)N2CCc3ccccc3C2)c(C)c1. The second-order valence-corrected chi connectivity index (χ2v) is 6.29. The highest BCUT2D eigenvalue weighted by molar-refractivity contribution is 5.74. The zero-order chi connectivity index (χ0) is 16.9. The highest BCUT2D eigenvalue weighted by Crippen LogP contribution is 2.19. The Morgan fingerprint density at radius 3 is 2.75 bits per heavy atom. The molecule has 0 spiro atoms. The van der Waals surface area contributed by atoms with Crippen molar-refractivity contribution in [3.63, 3.8) is 0 Å². The van der Waals surface area contributed by atoms with Gasteiger partial charge in [-0.05, 0) is 43.0 Å². The Hall–Kier alpha value is -2.49. The van der Waals surface area contributed by atoms with Crippen molar-refractivity contribution in [2.45, 2.75) is 26.8 Å². The zero-order valence-corrected chi connectivity index (χ0v) is 14.3. The van der Waals surface area contributed by atoms with E-state index < -0.39 is 0 Å². The van der Waals surface area contributed by atoms with Crippen LogP contribution < -0.4 is 10.1 Å². The Bertz CT molecular complexity index is 727. The molecular formula is C20H24N2O2. The molecule has 0 radical (unpaired) electrons. The Kier molecular flexibility index (Phi) is 5.04. The molecule has 2 aromatic rings. The van der Waals surface area contributed by atoms with Crippen LogP contribution in [0.1, 0.15) is 22.3 Å². The number of carbonyl (C=O) groups is 1. The lowest BCUT2D eigenvalue weighted by atomic mass is 10.0. The monoisotopic (exact) mass is 324 g/mol. The van der Waals surface area contributed by atoms with E-state index in [2.05, 4.69) is 36.5 Å². The first-order valence-corrected chi connectivity index (χ1v) is 8.43. The van der Waals surface area contributed by atoms with Crippen molar-refractivity contribution in [2.24, 2.45) is 0 Å². The third kappa shape index (κ3) is 3.88. The minimum Gasteiger partial charge on any atom is -0.491 e. The van der Waals surface area contributed by atoms with Gasteiger partial charge in [0, 0.05) is 13.1 Å². The molecule has 0 bridgehead atoms. The van der Waals surface area contributed by atoms with Crippen molar-refractivity contribution in [3.8, 4) is 5.75 Å². The predicted molar refractivity (Wildman–Crippen MR) is 95.4 cm³/mol. The summed E-state index contributed by atoms with van der Waals surface area (Å²) in [6, 6.07) is 14.4. The largest absolute Gasteiger partial charge is 0.491 e. The van der Waals surface area contributed by atoms with Gasteiger partial charge in [-0.1, -0.05) is 42.0 Å². The van der Waals surface area contributed by atoms with E-state index in [1.807, 2.05) is 30.0 Å². The van der Waals surface area contributed by atoms with E-state index in [0.717, 1.165) is 24.3 Å². The molecule has 0 saturated heterocycles. The van der Waals surface area contributed by atoms with E-state index in [1.165, 1.54) is 16.7 Å². The minimum absolute atomic E-state index is 0.0197. The molecule has 0 unspecified atom stereocenters. The van der Waals surface area contributed by atoms with Crippen molar-refractivity contribution < 1.29 is 9.53 Å². The van der Waals surface area contributed by atoms with Gasteiger partial charge in [0.15, 0.2) is 0 Å². The second-order valence-electron chi connectivity index (χ2n) is 6.29. The average Bonchev–Trinajstić information content (AvgIpc) is 2.59. The maximum atomic E-state index is 12.3. The van der Waals surface area contributed by atoms with Gasteiger partial charge in [0.05, 0.1) is 6.54 Å². The molecule has 0 aromatic heterocycles. The van der Waals surface area contributed by atoms with E-state index in [-0.39, 0.29) is 6.03 Å². The number of nitrogens with one attached hydrogen (secondary N) is 1. The molecule has 1 aliphatic heterocycles. The van der Waals surface area contributed by atoms with Crippen molar-refractivity contribution >= 4 is 6.03 Å². The summed E-state index contributed by atoms with van der Waals surface area (Å²) in [5, 5.41) is 2.95. The normalized spacial score (nSPS) is 13.3. The van der Waals surface area contributed by atoms with Crippen molar-refractivity contribution in [3.05, 3.63) is 64.7 Å². The van der Waals surface area contributed by atoms with E-state index in [0.29, 0.717) is 19.7 Å². The van der Waals surface area contributed by atoms with Crippen LogP contribution in [0.3, 0.4) is 0 Å². The van der Waals surface area contributed by atoms with Crippen LogP contribution in [0.2, 0.25) is 0 Å². The summed E-state index contributed by atoms with van der Waals surface area (Å²) in [5.41, 5.74) is 4.93. The number of hydrogen-bond acceptors (Lipinski definition) is 2. The van der Waals surface area contributed by atoms with E-state index >= 15 is 0 Å². The fourth-order valence-electron chi connectivity index (χ4n) is 3.06. The maximum absolute atomic E-state index is 12.3. The third-order valence-corrected chi connectivity index (χ3v) is 4.38. The lowest BCUT2D eigenvalue weighted by Crippen LogP contribution is -2.43. The number of amides is 2. The third-order valence-electron chi connectivity index (χ3n) is 4.38. The Morgan fingerprint density at radius 2 is 1.96 bits per heavy atom. The Labute approximate surface area is 143 Å². The van der Waals surface area contributed by atoms with Gasteiger partial charge in [0.1, 0.15) is 12.4 Å². The van der Waals surface area contributed by atoms with Crippen LogP contribution >= 0.6 is 0 Å². The van der Waals surface area contributed by atoms with Crippen LogP contribution in [-0.2, 0) is 13.0 Å². The number of nitrogens with zero attached hydrogens (tertiary/aromatic N) is 1. The van der Waals surface area contributed by atoms with Crippen LogP contribution in [0.5, 0.6) is 5.75 Å². The highest BCUT2D eigenvalue weighted by Gasteiger charge is 2.19. The number of fused-ring (bicyclic) bond motifs is 1. The second kappa shape index (κ2) is 7.39. The van der Waals surface area contributed by atoms with Gasteiger partial charge in [-0.2, -0.15) is 0 Å². The minimum atomic E-state index is -0.0197. The molecule has 4 heteroatoms. The number of ether oxygens (including phenoxy) is 1. The predicted octanol–water partition coefficient (Wildman–Crippen LogP) is 3.45. The van der Waals surface area contributed by atoms with Crippen molar-refractivity contribution in [1.29, 1.82) is 0 Å². The molecule has 0 fully saturated rings. The standard InChI is InChI=1S/C20H24N2O2/c1-15-7-8-19(16(2)13-15)24-12-10-21-20(23)22-11-9-17-5-3-4-6-18(17)14-22/h3-8,13H,9-12,14H2,1-2H3,(H,21,23). The van der Waals surface area contributed by atoms with Crippen LogP contribution in [0.4, 0.5) is 4.79 Å². The van der Waals surface area contributed by atoms with Gasteiger partial charge in [-0.3, -0.25) is 0 Å². The van der Waals surface area contributed by atoms with Gasteiger partial charge >= 0.3 is 6.03 Å². The number of hydrogen-bond donors (Lipinski definition) is 1. The first-order valence-electron chi connectivity index (χ1n) is 8.43. The zero-order valence-electron chi connectivity index (χ0n) is 14.3. The highest BCUT2D eigenvalue weighted by atomic mass is 16.5. The number of benzene rings is 2. The molecule has 4 nitrogen and oxygen atoms in total. The Morgan fingerprint density at radius 1 is 1.17 bits per heavy atom. The average molecular weight is 324 g/mol. The number of carbonyl (C=O) groups excluding carboxylic acids is 1. The molecule has 2 aromatic carbocycles. The summed E-state index contributed by atoms with van der Waals surface area (Å²) in [4.78, 5) is 14.2.